The lowest BCUT2D eigenvalue weighted by molar-refractivity contribution is -0.121. The fourth-order valence-corrected chi connectivity index (χ4v) is 1.19. The lowest BCUT2D eigenvalue weighted by Crippen LogP contribution is -2.23. The molecule has 80 valence electrons. The monoisotopic (exact) mass is 187 g/mol. The van der Waals surface area contributed by atoms with E-state index in [1.807, 2.05) is 0 Å². The van der Waals surface area contributed by atoms with Gasteiger partial charge in [-0.15, -0.1) is 0 Å². The van der Waals surface area contributed by atoms with E-state index in [0.717, 1.165) is 25.3 Å². The number of carbonyl (C=O) groups is 1. The molecule has 0 spiro atoms. The quantitative estimate of drug-likeness (QED) is 0.610. The van der Waals surface area contributed by atoms with Crippen molar-refractivity contribution in [2.45, 2.75) is 52.9 Å². The number of amides is 1. The van der Waals surface area contributed by atoms with Crippen LogP contribution in [0.15, 0.2) is 0 Å². The fourth-order valence-electron chi connectivity index (χ4n) is 1.19. The largest absolute Gasteiger partial charge is 0.356 e. The van der Waals surface area contributed by atoms with Crippen molar-refractivity contribution in [1.82, 2.24) is 5.32 Å². The highest BCUT2D eigenvalue weighted by molar-refractivity contribution is 5.75. The highest BCUT2D eigenvalue weighted by atomic mass is 16.1. The molecular formula is C11H25NO. The van der Waals surface area contributed by atoms with Gasteiger partial charge in [-0.05, 0) is 18.8 Å². The molecule has 0 aliphatic heterocycles. The average molecular weight is 187 g/mol. The molecule has 0 saturated carbocycles. The van der Waals surface area contributed by atoms with Gasteiger partial charge in [0.1, 0.15) is 0 Å². The Hall–Kier alpha value is -0.530. The zero-order chi connectivity index (χ0) is 10.1. The van der Waals surface area contributed by atoms with Crippen molar-refractivity contribution in [1.29, 1.82) is 0 Å². The summed E-state index contributed by atoms with van der Waals surface area (Å²) >= 11 is 0. The van der Waals surface area contributed by atoms with E-state index >= 15 is 0 Å². The molecule has 2 nitrogen and oxygen atoms in total. The summed E-state index contributed by atoms with van der Waals surface area (Å²) < 4.78 is 0. The molecule has 0 aromatic heterocycles. The predicted octanol–water partition coefficient (Wildman–Crippen LogP) is 2.98. The number of unbranched alkanes of at least 4 members (excludes halogenated alkanes) is 1. The van der Waals surface area contributed by atoms with Crippen molar-refractivity contribution in [2.75, 3.05) is 6.54 Å². The van der Waals surface area contributed by atoms with Crippen molar-refractivity contribution in [3.63, 3.8) is 0 Å². The van der Waals surface area contributed by atoms with Crippen LogP contribution in [0.4, 0.5) is 0 Å². The van der Waals surface area contributed by atoms with E-state index in [-0.39, 0.29) is 7.33 Å². The molecule has 1 N–H and O–H groups in total. The summed E-state index contributed by atoms with van der Waals surface area (Å²) in [6.07, 6.45) is 5.18. The maximum absolute atomic E-state index is 11.1. The molecule has 0 aliphatic carbocycles. The van der Waals surface area contributed by atoms with Crippen LogP contribution in [0.25, 0.3) is 0 Å². The Labute approximate surface area is 83.6 Å². The van der Waals surface area contributed by atoms with Crippen molar-refractivity contribution in [3.8, 4) is 0 Å². The Morgan fingerprint density at radius 3 is 2.62 bits per heavy atom. The summed E-state index contributed by atoms with van der Waals surface area (Å²) in [6, 6.07) is 0. The van der Waals surface area contributed by atoms with Crippen molar-refractivity contribution < 1.29 is 6.22 Å². The van der Waals surface area contributed by atoms with Crippen LogP contribution in [-0.4, -0.2) is 12.5 Å². The van der Waals surface area contributed by atoms with Gasteiger partial charge in [0.2, 0.25) is 5.91 Å². The van der Waals surface area contributed by atoms with Gasteiger partial charge >= 0.3 is 0 Å². The van der Waals surface area contributed by atoms with Gasteiger partial charge in [-0.25, -0.2) is 0 Å². The molecule has 1 amide bonds. The molecule has 0 unspecified atom stereocenters. The summed E-state index contributed by atoms with van der Waals surface area (Å²) in [5, 5.41) is 2.88. The second kappa shape index (κ2) is 8.09. The minimum atomic E-state index is 0. The summed E-state index contributed by atoms with van der Waals surface area (Å²) in [6.45, 7) is 7.33. The van der Waals surface area contributed by atoms with Gasteiger partial charge in [0.05, 0.1) is 0 Å². The van der Waals surface area contributed by atoms with Crippen LogP contribution in [0.1, 0.15) is 54.3 Å². The third-order valence-corrected chi connectivity index (χ3v) is 2.01. The van der Waals surface area contributed by atoms with E-state index < -0.39 is 0 Å². The molecule has 0 saturated heterocycles. The topological polar surface area (TPSA) is 29.1 Å². The van der Waals surface area contributed by atoms with E-state index in [2.05, 4.69) is 26.1 Å². The van der Waals surface area contributed by atoms with Gasteiger partial charge in [-0.3, -0.25) is 4.79 Å². The van der Waals surface area contributed by atoms with Gasteiger partial charge in [-0.1, -0.05) is 33.6 Å². The highest BCUT2D eigenvalue weighted by Gasteiger charge is 2.00. The van der Waals surface area contributed by atoms with Crippen LogP contribution >= 0.6 is 0 Å². The van der Waals surface area contributed by atoms with E-state index in [1.54, 1.807) is 0 Å². The first-order chi connectivity index (χ1) is 6.16. The van der Waals surface area contributed by atoms with Crippen LogP contribution in [0.3, 0.4) is 0 Å². The Kier molecular flexibility index (Phi) is 7.76. The minimum Gasteiger partial charge on any atom is -0.356 e. The number of nitrogens with one attached hydrogen (secondary N) is 1. The summed E-state index contributed by atoms with van der Waals surface area (Å²) in [4.78, 5) is 11.1. The molecule has 0 aromatic carbocycles. The zero-order valence-electron chi connectivity index (χ0n) is 9.23. The Balaban J connectivity index is 0. The molecule has 0 rings (SSSR count). The molecule has 0 heterocycles. The number of rotatable bonds is 7. The van der Waals surface area contributed by atoms with Crippen LogP contribution in [0.5, 0.6) is 0 Å². The molecular weight excluding hydrogens is 162 g/mol. The van der Waals surface area contributed by atoms with Crippen LogP contribution in [-0.2, 0) is 4.79 Å². The second-order valence-electron chi connectivity index (χ2n) is 3.99. The molecule has 0 aromatic rings. The molecule has 0 aliphatic rings. The van der Waals surface area contributed by atoms with E-state index in [1.165, 1.54) is 12.8 Å². The molecule has 0 radical (unpaired) electrons. The molecule has 0 bridgehead atoms. The van der Waals surface area contributed by atoms with Gasteiger partial charge in [0, 0.05) is 14.4 Å². The average Bonchev–Trinajstić information content (AvgIpc) is 2.08. The Morgan fingerprint density at radius 2 is 2.08 bits per heavy atom. The number of hydrogen-bond acceptors (Lipinski definition) is 1. The SMILES string of the molecule is CCCNC(=O)CCCCC(C)C.[HH]. The van der Waals surface area contributed by atoms with Crippen molar-refractivity contribution in [3.05, 3.63) is 0 Å². The van der Waals surface area contributed by atoms with Crippen LogP contribution in [0, 0.1) is 5.92 Å². The highest BCUT2D eigenvalue weighted by Crippen LogP contribution is 2.07. The van der Waals surface area contributed by atoms with Gasteiger partial charge in [0.15, 0.2) is 0 Å². The van der Waals surface area contributed by atoms with Crippen molar-refractivity contribution in [2.24, 2.45) is 5.92 Å². The first-order valence-corrected chi connectivity index (χ1v) is 5.43. The smallest absolute Gasteiger partial charge is 0.219 e. The van der Waals surface area contributed by atoms with E-state index in [4.69, 9.17) is 0 Å². The number of hydrogen-bond donors (Lipinski definition) is 1. The maximum Gasteiger partial charge on any atom is 0.219 e. The summed E-state index contributed by atoms with van der Waals surface area (Å²) in [5.41, 5.74) is 0. The number of carbonyl (C=O) groups excluding carboxylic acids is 1. The molecule has 2 heteroatoms. The standard InChI is InChI=1S/C11H23NO.H2/c1-4-9-12-11(13)8-6-5-7-10(2)3;/h10H,4-9H2,1-3H3,(H,12,13);1H. The zero-order valence-corrected chi connectivity index (χ0v) is 9.23. The molecule has 0 atom stereocenters. The van der Waals surface area contributed by atoms with Gasteiger partial charge < -0.3 is 5.32 Å². The summed E-state index contributed by atoms with van der Waals surface area (Å²) in [5.74, 6) is 0.976. The Morgan fingerprint density at radius 1 is 1.38 bits per heavy atom. The van der Waals surface area contributed by atoms with Crippen molar-refractivity contribution >= 4 is 5.91 Å². The third kappa shape index (κ3) is 9.38. The maximum atomic E-state index is 11.1. The minimum absolute atomic E-state index is 0. The van der Waals surface area contributed by atoms with Gasteiger partial charge in [-0.2, -0.15) is 0 Å². The molecule has 13 heavy (non-hydrogen) atoms. The first kappa shape index (κ1) is 12.5. The lowest BCUT2D eigenvalue weighted by Gasteiger charge is -2.04. The fraction of sp³-hybridized carbons (Fsp3) is 0.909. The third-order valence-electron chi connectivity index (χ3n) is 2.01. The first-order valence-electron chi connectivity index (χ1n) is 5.43. The molecule has 0 fully saturated rings. The van der Waals surface area contributed by atoms with Crippen LogP contribution < -0.4 is 5.32 Å². The van der Waals surface area contributed by atoms with Crippen LogP contribution in [0.2, 0.25) is 0 Å². The Bertz CT molecular complexity index is 137. The second-order valence-corrected chi connectivity index (χ2v) is 3.99. The van der Waals surface area contributed by atoms with Gasteiger partial charge in [0.25, 0.3) is 0 Å². The normalized spacial score (nSPS) is 10.5. The van der Waals surface area contributed by atoms with E-state index in [9.17, 15) is 4.79 Å². The lowest BCUT2D eigenvalue weighted by atomic mass is 10.1. The van der Waals surface area contributed by atoms with E-state index in [0.29, 0.717) is 6.42 Å². The predicted molar refractivity (Wildman–Crippen MR) is 58.7 cm³/mol. The summed E-state index contributed by atoms with van der Waals surface area (Å²) in [7, 11) is 0.